The summed E-state index contributed by atoms with van der Waals surface area (Å²) in [6.45, 7) is 4.31. The highest BCUT2D eigenvalue weighted by atomic mass is 16.5. The van der Waals surface area contributed by atoms with Gasteiger partial charge in [-0.2, -0.15) is 0 Å². The molecule has 0 aromatic heterocycles. The maximum atomic E-state index is 12.9. The van der Waals surface area contributed by atoms with E-state index in [4.69, 9.17) is 4.74 Å². The molecule has 2 rings (SSSR count). The van der Waals surface area contributed by atoms with E-state index in [0.29, 0.717) is 23.2 Å². The minimum absolute atomic E-state index is 0.0541. The highest BCUT2D eigenvalue weighted by Gasteiger charge is 2.20. The molecule has 1 amide bonds. The molecule has 7 nitrogen and oxygen atoms in total. The summed E-state index contributed by atoms with van der Waals surface area (Å²) in [5.41, 5.74) is 2.20. The Morgan fingerprint density at radius 1 is 1.06 bits per heavy atom. The van der Waals surface area contributed by atoms with Crippen LogP contribution in [0.5, 0.6) is 0 Å². The Bertz CT molecular complexity index is 893. The maximum Gasteiger partial charge on any atom is 0.339 e. The smallest absolute Gasteiger partial charge is 0.339 e. The number of esters is 2. The first kappa shape index (κ1) is 24.1. The lowest BCUT2D eigenvalue weighted by Gasteiger charge is -2.24. The predicted octanol–water partition coefficient (Wildman–Crippen LogP) is 3.79. The second-order valence-electron chi connectivity index (χ2n) is 7.02. The normalized spacial score (nSPS) is 11.5. The van der Waals surface area contributed by atoms with Crippen molar-refractivity contribution >= 4 is 23.5 Å². The van der Waals surface area contributed by atoms with E-state index in [1.165, 1.54) is 7.11 Å². The van der Waals surface area contributed by atoms with Gasteiger partial charge < -0.3 is 19.5 Å². The fraction of sp³-hybridized carbons (Fsp3) is 0.375. The first-order valence-electron chi connectivity index (χ1n) is 10.3. The van der Waals surface area contributed by atoms with E-state index in [-0.39, 0.29) is 19.1 Å². The van der Waals surface area contributed by atoms with Crippen LogP contribution in [0.15, 0.2) is 48.5 Å². The van der Waals surface area contributed by atoms with Crippen LogP contribution in [-0.2, 0) is 25.6 Å². The number of benzene rings is 2. The number of hydrogen-bond acceptors (Lipinski definition) is 6. The van der Waals surface area contributed by atoms with Crippen molar-refractivity contribution in [1.82, 2.24) is 0 Å². The first-order chi connectivity index (χ1) is 14.9. The van der Waals surface area contributed by atoms with Crippen LogP contribution in [0.4, 0.5) is 5.69 Å². The van der Waals surface area contributed by atoms with Crippen molar-refractivity contribution in [3.05, 3.63) is 65.2 Å². The predicted molar refractivity (Wildman–Crippen MR) is 117 cm³/mol. The van der Waals surface area contributed by atoms with Gasteiger partial charge in [-0.05, 0) is 42.7 Å². The van der Waals surface area contributed by atoms with Crippen molar-refractivity contribution in [2.75, 3.05) is 18.6 Å². The fourth-order valence-electron chi connectivity index (χ4n) is 3.04. The van der Waals surface area contributed by atoms with Crippen molar-refractivity contribution in [2.45, 2.75) is 45.8 Å². The Hall–Kier alpha value is -3.19. The standard InChI is InChI=1S/C24H29NO6/c1-4-6-10-21(26)25(20-9-7-8-19(15-20)23(28)31-5-2)16-17-11-13-18(14-12-17)22(27)24(29)30-3/h7-9,11-15,22,27H,4-6,10,16H2,1-3H3. The van der Waals surface area contributed by atoms with Gasteiger partial charge in [0.15, 0.2) is 6.10 Å². The van der Waals surface area contributed by atoms with Gasteiger partial charge in [0.05, 0.1) is 25.8 Å². The van der Waals surface area contributed by atoms with Gasteiger partial charge in [0.25, 0.3) is 0 Å². The van der Waals surface area contributed by atoms with Crippen LogP contribution in [-0.4, -0.2) is 36.7 Å². The van der Waals surface area contributed by atoms with E-state index in [2.05, 4.69) is 4.74 Å². The molecule has 0 aliphatic carbocycles. The van der Waals surface area contributed by atoms with Crippen LogP contribution in [0.3, 0.4) is 0 Å². The quantitative estimate of drug-likeness (QED) is 0.580. The number of anilines is 1. The molecule has 0 bridgehead atoms. The molecule has 0 radical (unpaired) electrons. The Morgan fingerprint density at radius 3 is 2.39 bits per heavy atom. The molecule has 31 heavy (non-hydrogen) atoms. The fourth-order valence-corrected chi connectivity index (χ4v) is 3.04. The molecular formula is C24H29NO6. The average molecular weight is 427 g/mol. The van der Waals surface area contributed by atoms with Crippen LogP contribution >= 0.6 is 0 Å². The third kappa shape index (κ3) is 6.65. The molecule has 0 aliphatic heterocycles. The zero-order chi connectivity index (χ0) is 22.8. The van der Waals surface area contributed by atoms with Gasteiger partial charge in [0.2, 0.25) is 5.91 Å². The summed E-state index contributed by atoms with van der Waals surface area (Å²) in [6, 6.07) is 13.5. The number of unbranched alkanes of at least 4 members (excludes halogenated alkanes) is 1. The minimum atomic E-state index is -1.36. The van der Waals surface area contributed by atoms with Gasteiger partial charge in [0, 0.05) is 12.1 Å². The van der Waals surface area contributed by atoms with E-state index >= 15 is 0 Å². The average Bonchev–Trinajstić information content (AvgIpc) is 2.80. The van der Waals surface area contributed by atoms with Crippen molar-refractivity contribution in [2.24, 2.45) is 0 Å². The molecule has 0 saturated carbocycles. The number of carbonyl (C=O) groups is 3. The van der Waals surface area contributed by atoms with Gasteiger partial charge in [-0.1, -0.05) is 43.7 Å². The monoisotopic (exact) mass is 427 g/mol. The molecule has 0 spiro atoms. The molecule has 1 unspecified atom stereocenters. The van der Waals surface area contributed by atoms with Crippen LogP contribution < -0.4 is 4.90 Å². The lowest BCUT2D eigenvalue weighted by Crippen LogP contribution is -2.30. The number of methoxy groups -OCH3 is 1. The lowest BCUT2D eigenvalue weighted by atomic mass is 10.1. The van der Waals surface area contributed by atoms with Crippen molar-refractivity contribution < 1.29 is 29.0 Å². The topological polar surface area (TPSA) is 93.1 Å². The molecule has 1 atom stereocenters. The van der Waals surface area contributed by atoms with E-state index in [1.54, 1.807) is 60.4 Å². The number of hydrogen-bond donors (Lipinski definition) is 1. The molecule has 0 fully saturated rings. The van der Waals surface area contributed by atoms with Gasteiger partial charge in [-0.25, -0.2) is 9.59 Å². The lowest BCUT2D eigenvalue weighted by molar-refractivity contribution is -0.150. The van der Waals surface area contributed by atoms with Crippen molar-refractivity contribution in [1.29, 1.82) is 0 Å². The number of aliphatic hydroxyl groups excluding tert-OH is 1. The highest BCUT2D eigenvalue weighted by Crippen LogP contribution is 2.23. The largest absolute Gasteiger partial charge is 0.467 e. The first-order valence-corrected chi connectivity index (χ1v) is 10.3. The minimum Gasteiger partial charge on any atom is -0.467 e. The van der Waals surface area contributed by atoms with Crippen LogP contribution in [0.1, 0.15) is 60.7 Å². The number of ether oxygens (including phenoxy) is 2. The van der Waals surface area contributed by atoms with Gasteiger partial charge in [-0.3, -0.25) is 4.79 Å². The highest BCUT2D eigenvalue weighted by molar-refractivity contribution is 5.96. The van der Waals surface area contributed by atoms with Gasteiger partial charge >= 0.3 is 11.9 Å². The second kappa shape index (κ2) is 11.9. The third-order valence-electron chi connectivity index (χ3n) is 4.77. The molecule has 2 aromatic rings. The molecular weight excluding hydrogens is 398 g/mol. The van der Waals surface area contributed by atoms with E-state index < -0.39 is 18.0 Å². The number of aliphatic hydroxyl groups is 1. The molecule has 7 heteroatoms. The van der Waals surface area contributed by atoms with Crippen LogP contribution in [0, 0.1) is 0 Å². The Morgan fingerprint density at radius 2 is 1.77 bits per heavy atom. The summed E-state index contributed by atoms with van der Waals surface area (Å²) >= 11 is 0. The van der Waals surface area contributed by atoms with Gasteiger partial charge in [-0.15, -0.1) is 0 Å². The molecule has 166 valence electrons. The van der Waals surface area contributed by atoms with E-state index in [9.17, 15) is 19.5 Å². The van der Waals surface area contributed by atoms with E-state index in [0.717, 1.165) is 18.4 Å². The Kier molecular flexibility index (Phi) is 9.21. The third-order valence-corrected chi connectivity index (χ3v) is 4.77. The summed E-state index contributed by atoms with van der Waals surface area (Å²) in [6.07, 6.45) is 0.682. The summed E-state index contributed by atoms with van der Waals surface area (Å²) in [5.74, 6) is -1.23. The number of amides is 1. The van der Waals surface area contributed by atoms with Crippen LogP contribution in [0.25, 0.3) is 0 Å². The second-order valence-corrected chi connectivity index (χ2v) is 7.02. The van der Waals surface area contributed by atoms with Gasteiger partial charge in [0.1, 0.15) is 0 Å². The summed E-state index contributed by atoms with van der Waals surface area (Å²) in [7, 11) is 1.21. The number of rotatable bonds is 10. The van der Waals surface area contributed by atoms with E-state index in [1.807, 2.05) is 6.92 Å². The number of nitrogens with zero attached hydrogens (tertiary/aromatic N) is 1. The maximum absolute atomic E-state index is 12.9. The molecule has 0 heterocycles. The van der Waals surface area contributed by atoms with Crippen molar-refractivity contribution in [3.8, 4) is 0 Å². The summed E-state index contributed by atoms with van der Waals surface area (Å²) in [5, 5.41) is 9.97. The molecule has 1 N–H and O–H groups in total. The zero-order valence-electron chi connectivity index (χ0n) is 18.2. The molecule has 2 aromatic carbocycles. The SMILES string of the molecule is CCCCC(=O)N(Cc1ccc(C(O)C(=O)OC)cc1)c1cccc(C(=O)OCC)c1. The molecule has 0 saturated heterocycles. The van der Waals surface area contributed by atoms with Crippen LogP contribution in [0.2, 0.25) is 0 Å². The zero-order valence-corrected chi connectivity index (χ0v) is 18.2. The molecule has 0 aliphatic rings. The summed E-state index contributed by atoms with van der Waals surface area (Å²) in [4.78, 5) is 38.2. The number of carbonyl (C=O) groups excluding carboxylic acids is 3. The summed E-state index contributed by atoms with van der Waals surface area (Å²) < 4.78 is 9.62. The Labute approximate surface area is 182 Å². The van der Waals surface area contributed by atoms with Crippen molar-refractivity contribution in [3.63, 3.8) is 0 Å². The Balaban J connectivity index is 2.29.